The fourth-order valence-electron chi connectivity index (χ4n) is 2.08. The minimum atomic E-state index is -0.402. The molecule has 1 amide bonds. The van der Waals surface area contributed by atoms with Crippen LogP contribution in [0.25, 0.3) is 4.96 Å². The molecule has 0 unspecified atom stereocenters. The third-order valence-electron chi connectivity index (χ3n) is 2.72. The van der Waals surface area contributed by atoms with Gasteiger partial charge in [0.2, 0.25) is 5.91 Å². The zero-order valence-electron chi connectivity index (χ0n) is 11.0. The van der Waals surface area contributed by atoms with Gasteiger partial charge in [0, 0.05) is 18.1 Å². The summed E-state index contributed by atoms with van der Waals surface area (Å²) in [4.78, 5) is 18.3. The number of carbonyl (C=O) groups excluding carboxylic acids is 1. The van der Waals surface area contributed by atoms with Gasteiger partial charge >= 0.3 is 0 Å². The molecule has 3 N–H and O–H groups in total. The molecular weight excluding hydrogens is 264 g/mol. The van der Waals surface area contributed by atoms with Crippen LogP contribution in [0.3, 0.4) is 0 Å². The molecule has 6 nitrogen and oxygen atoms in total. The van der Waals surface area contributed by atoms with Crippen molar-refractivity contribution in [3.05, 3.63) is 17.3 Å². The summed E-state index contributed by atoms with van der Waals surface area (Å²) < 4.78 is 1.84. The molecule has 0 radical (unpaired) electrons. The fourth-order valence-corrected chi connectivity index (χ4v) is 2.80. The van der Waals surface area contributed by atoms with E-state index in [2.05, 4.69) is 18.8 Å². The van der Waals surface area contributed by atoms with Crippen molar-refractivity contribution in [1.29, 1.82) is 0 Å². The Balaban J connectivity index is 2.41. The van der Waals surface area contributed by atoms with E-state index in [9.17, 15) is 9.90 Å². The number of fused-ring (bicyclic) bond motifs is 1. The van der Waals surface area contributed by atoms with Crippen LogP contribution in [0.2, 0.25) is 0 Å². The summed E-state index contributed by atoms with van der Waals surface area (Å²) in [7, 11) is 0. The second-order valence-electron chi connectivity index (χ2n) is 4.84. The minimum absolute atomic E-state index is 0.107. The van der Waals surface area contributed by atoms with Gasteiger partial charge in [0.25, 0.3) is 0 Å². The molecule has 2 aromatic heterocycles. The number of nitrogens with zero attached hydrogens (tertiary/aromatic N) is 3. The second-order valence-corrected chi connectivity index (χ2v) is 5.71. The normalized spacial score (nSPS) is 11.4. The molecule has 0 aliphatic heterocycles. The molecule has 2 heterocycles. The Bertz CT molecular complexity index is 575. The molecule has 0 atom stereocenters. The number of nitrogens with two attached hydrogens (primary N) is 1. The van der Waals surface area contributed by atoms with Gasteiger partial charge in [-0.3, -0.25) is 9.20 Å². The van der Waals surface area contributed by atoms with E-state index in [-0.39, 0.29) is 13.2 Å². The van der Waals surface area contributed by atoms with Crippen molar-refractivity contribution < 1.29 is 9.90 Å². The van der Waals surface area contributed by atoms with E-state index in [1.54, 1.807) is 0 Å². The molecule has 0 saturated carbocycles. The zero-order valence-corrected chi connectivity index (χ0v) is 11.9. The number of thiazole rings is 1. The van der Waals surface area contributed by atoms with Crippen molar-refractivity contribution in [3.63, 3.8) is 0 Å². The number of primary amides is 1. The summed E-state index contributed by atoms with van der Waals surface area (Å²) in [6.45, 7) is 4.77. The first-order valence-corrected chi connectivity index (χ1v) is 6.99. The van der Waals surface area contributed by atoms with Gasteiger partial charge in [0.15, 0.2) is 10.8 Å². The highest BCUT2D eigenvalue weighted by molar-refractivity contribution is 7.15. The standard InChI is InChI=1S/C12H18N4O2S/c1-8(2)5-15(6-10(13)18)11-9(7-17)16-3-4-19-12(16)14-11/h3-4,8,17H,5-7H2,1-2H3,(H2,13,18). The van der Waals surface area contributed by atoms with Crippen LogP contribution >= 0.6 is 11.3 Å². The first kappa shape index (κ1) is 13.8. The van der Waals surface area contributed by atoms with E-state index in [1.165, 1.54) is 11.3 Å². The van der Waals surface area contributed by atoms with E-state index >= 15 is 0 Å². The zero-order chi connectivity index (χ0) is 14.0. The van der Waals surface area contributed by atoms with Crippen molar-refractivity contribution in [2.45, 2.75) is 20.5 Å². The Kier molecular flexibility index (Phi) is 4.06. The van der Waals surface area contributed by atoms with Crippen molar-refractivity contribution in [2.75, 3.05) is 18.0 Å². The quantitative estimate of drug-likeness (QED) is 0.822. The monoisotopic (exact) mass is 282 g/mol. The van der Waals surface area contributed by atoms with Crippen molar-refractivity contribution in [2.24, 2.45) is 11.7 Å². The first-order chi connectivity index (χ1) is 9.02. The van der Waals surface area contributed by atoms with Crippen LogP contribution in [-0.2, 0) is 11.4 Å². The summed E-state index contributed by atoms with van der Waals surface area (Å²) >= 11 is 1.49. The number of amides is 1. The van der Waals surface area contributed by atoms with Crippen LogP contribution in [0.1, 0.15) is 19.5 Å². The van der Waals surface area contributed by atoms with Gasteiger partial charge in [-0.25, -0.2) is 4.98 Å². The van der Waals surface area contributed by atoms with Gasteiger partial charge in [0.05, 0.1) is 18.8 Å². The highest BCUT2D eigenvalue weighted by Gasteiger charge is 2.20. The van der Waals surface area contributed by atoms with Crippen LogP contribution < -0.4 is 10.6 Å². The molecule has 0 saturated heterocycles. The van der Waals surface area contributed by atoms with Gasteiger partial charge in [-0.1, -0.05) is 13.8 Å². The SMILES string of the molecule is CC(C)CN(CC(N)=O)c1nc2sccn2c1CO. The summed E-state index contributed by atoms with van der Waals surface area (Å²) in [6, 6.07) is 0. The molecule has 19 heavy (non-hydrogen) atoms. The molecule has 7 heteroatoms. The lowest BCUT2D eigenvalue weighted by Gasteiger charge is -2.23. The van der Waals surface area contributed by atoms with Crippen LogP contribution in [0.4, 0.5) is 5.82 Å². The highest BCUT2D eigenvalue weighted by Crippen LogP contribution is 2.25. The third kappa shape index (κ3) is 2.87. The molecule has 0 fully saturated rings. The van der Waals surface area contributed by atoms with Crippen LogP contribution in [0.15, 0.2) is 11.6 Å². The van der Waals surface area contributed by atoms with Crippen molar-refractivity contribution in [3.8, 4) is 0 Å². The Labute approximate surface area is 115 Å². The number of hydrogen-bond acceptors (Lipinski definition) is 5. The molecule has 2 rings (SSSR count). The van der Waals surface area contributed by atoms with Crippen LogP contribution in [-0.4, -0.2) is 33.5 Å². The number of imidazole rings is 1. The number of aliphatic hydroxyl groups is 1. The average molecular weight is 282 g/mol. The number of hydrogen-bond donors (Lipinski definition) is 2. The summed E-state index contributed by atoms with van der Waals surface area (Å²) in [6.07, 6.45) is 1.86. The van der Waals surface area contributed by atoms with Crippen LogP contribution in [0.5, 0.6) is 0 Å². The number of anilines is 1. The van der Waals surface area contributed by atoms with Crippen molar-refractivity contribution >= 4 is 28.0 Å². The molecule has 104 valence electrons. The summed E-state index contributed by atoms with van der Waals surface area (Å²) in [5, 5.41) is 11.5. The maximum Gasteiger partial charge on any atom is 0.236 e. The molecule has 0 bridgehead atoms. The summed E-state index contributed by atoms with van der Waals surface area (Å²) in [5.41, 5.74) is 5.99. The van der Waals surface area contributed by atoms with E-state index in [4.69, 9.17) is 5.73 Å². The predicted octanol–water partition coefficient (Wildman–Crippen LogP) is 0.836. The van der Waals surface area contributed by atoms with Gasteiger partial charge in [-0.15, -0.1) is 11.3 Å². The van der Waals surface area contributed by atoms with E-state index in [0.717, 1.165) is 4.96 Å². The van der Waals surface area contributed by atoms with Gasteiger partial charge in [0.1, 0.15) is 0 Å². The maximum atomic E-state index is 11.2. The van der Waals surface area contributed by atoms with E-state index in [0.29, 0.717) is 24.0 Å². The number of rotatable bonds is 6. The molecule has 0 aliphatic carbocycles. The Morgan fingerprint density at radius 2 is 2.37 bits per heavy atom. The molecule has 0 spiro atoms. The Morgan fingerprint density at radius 3 is 2.95 bits per heavy atom. The highest BCUT2D eigenvalue weighted by atomic mass is 32.1. The Hall–Kier alpha value is -1.60. The molecule has 2 aromatic rings. The molecular formula is C12H18N4O2S. The minimum Gasteiger partial charge on any atom is -0.390 e. The van der Waals surface area contributed by atoms with Gasteiger partial charge in [-0.05, 0) is 5.92 Å². The first-order valence-electron chi connectivity index (χ1n) is 6.11. The fraction of sp³-hybridized carbons (Fsp3) is 0.500. The number of carbonyl (C=O) groups is 1. The topological polar surface area (TPSA) is 83.9 Å². The van der Waals surface area contributed by atoms with Crippen LogP contribution in [0, 0.1) is 5.92 Å². The lowest BCUT2D eigenvalue weighted by atomic mass is 10.2. The largest absolute Gasteiger partial charge is 0.390 e. The predicted molar refractivity (Wildman–Crippen MR) is 75.2 cm³/mol. The van der Waals surface area contributed by atoms with E-state index in [1.807, 2.05) is 20.9 Å². The Morgan fingerprint density at radius 1 is 1.63 bits per heavy atom. The number of aliphatic hydroxyl groups excluding tert-OH is 1. The number of aromatic nitrogens is 2. The molecule has 0 aromatic carbocycles. The molecule has 0 aliphatic rings. The third-order valence-corrected chi connectivity index (χ3v) is 3.48. The van der Waals surface area contributed by atoms with E-state index < -0.39 is 5.91 Å². The smallest absolute Gasteiger partial charge is 0.236 e. The van der Waals surface area contributed by atoms with Crippen molar-refractivity contribution in [1.82, 2.24) is 9.38 Å². The average Bonchev–Trinajstić information content (AvgIpc) is 2.85. The van der Waals surface area contributed by atoms with Gasteiger partial charge in [-0.2, -0.15) is 0 Å². The summed E-state index contributed by atoms with van der Waals surface area (Å²) in [5.74, 6) is 0.605. The second kappa shape index (κ2) is 5.58. The maximum absolute atomic E-state index is 11.2. The lowest BCUT2D eigenvalue weighted by Crippen LogP contribution is -2.37. The van der Waals surface area contributed by atoms with Gasteiger partial charge < -0.3 is 15.7 Å². The lowest BCUT2D eigenvalue weighted by molar-refractivity contribution is -0.116.